The van der Waals surface area contributed by atoms with Gasteiger partial charge in [-0.05, 0) is 18.1 Å². The van der Waals surface area contributed by atoms with Gasteiger partial charge in [0.15, 0.2) is 0 Å². The van der Waals surface area contributed by atoms with Crippen molar-refractivity contribution in [2.45, 2.75) is 19.9 Å². The molecule has 0 bridgehead atoms. The fraction of sp³-hybridized carbons (Fsp3) is 0.533. The first-order valence-corrected chi connectivity index (χ1v) is 9.10. The van der Waals surface area contributed by atoms with Gasteiger partial charge >= 0.3 is 0 Å². The van der Waals surface area contributed by atoms with E-state index in [4.69, 9.17) is 0 Å². The summed E-state index contributed by atoms with van der Waals surface area (Å²) in [5.41, 5.74) is 2.15. The average molecular weight is 325 g/mol. The summed E-state index contributed by atoms with van der Waals surface area (Å²) in [4.78, 5) is 11.9. The smallest absolute Gasteiger partial charge is 0.221 e. The van der Waals surface area contributed by atoms with Crippen molar-refractivity contribution in [1.29, 1.82) is 0 Å². The molecule has 0 aliphatic carbocycles. The maximum absolute atomic E-state index is 12.1. The monoisotopic (exact) mass is 325 g/mol. The number of hydrogen-bond donors (Lipinski definition) is 2. The molecule has 122 valence electrons. The van der Waals surface area contributed by atoms with Crippen LogP contribution in [0.15, 0.2) is 24.3 Å². The molecule has 1 saturated heterocycles. The van der Waals surface area contributed by atoms with Gasteiger partial charge in [-0.15, -0.1) is 0 Å². The molecule has 1 aliphatic rings. The number of amides is 1. The minimum Gasteiger partial charge on any atom is -0.352 e. The molecule has 7 heteroatoms. The van der Waals surface area contributed by atoms with E-state index >= 15 is 0 Å². The molecule has 0 aromatic heterocycles. The molecule has 1 aromatic carbocycles. The normalized spacial score (nSPS) is 16.4. The van der Waals surface area contributed by atoms with Crippen LogP contribution in [0.25, 0.3) is 0 Å². The quantitative estimate of drug-likeness (QED) is 0.785. The minimum absolute atomic E-state index is 0.00184. The lowest BCUT2D eigenvalue weighted by atomic mass is 10.1. The Morgan fingerprint density at radius 3 is 2.64 bits per heavy atom. The molecule has 1 aromatic rings. The van der Waals surface area contributed by atoms with Gasteiger partial charge in [0, 0.05) is 39.1 Å². The van der Waals surface area contributed by atoms with Crippen LogP contribution in [0.5, 0.6) is 0 Å². The Balaban J connectivity index is 1.79. The molecule has 0 unspecified atom stereocenters. The van der Waals surface area contributed by atoms with Gasteiger partial charge in [0.2, 0.25) is 15.9 Å². The molecule has 1 fully saturated rings. The van der Waals surface area contributed by atoms with Gasteiger partial charge in [-0.2, -0.15) is 4.31 Å². The van der Waals surface area contributed by atoms with Crippen LogP contribution < -0.4 is 10.6 Å². The topological polar surface area (TPSA) is 78.5 Å². The summed E-state index contributed by atoms with van der Waals surface area (Å²) in [5.74, 6) is -0.367. The third kappa shape index (κ3) is 4.79. The molecule has 0 radical (unpaired) electrons. The first kappa shape index (κ1) is 16.9. The number of nitrogens with zero attached hydrogens (tertiary/aromatic N) is 1. The zero-order valence-corrected chi connectivity index (χ0v) is 13.7. The Morgan fingerprint density at radius 2 is 1.95 bits per heavy atom. The summed E-state index contributed by atoms with van der Waals surface area (Å²) in [6.45, 7) is 4.70. The number of piperazine rings is 1. The van der Waals surface area contributed by atoms with Crippen LogP contribution in [-0.4, -0.2) is 50.6 Å². The molecule has 2 N–H and O–H groups in total. The second kappa shape index (κ2) is 7.71. The number of aryl methyl sites for hydroxylation is 1. The molecule has 1 aliphatic heterocycles. The van der Waals surface area contributed by atoms with Crippen LogP contribution in [-0.2, 0) is 21.4 Å². The number of nitrogens with one attached hydrogen (secondary N) is 2. The van der Waals surface area contributed by atoms with E-state index in [1.807, 2.05) is 31.2 Å². The highest BCUT2D eigenvalue weighted by atomic mass is 32.2. The molecule has 22 heavy (non-hydrogen) atoms. The fourth-order valence-corrected chi connectivity index (χ4v) is 3.80. The third-order valence-electron chi connectivity index (χ3n) is 3.79. The second-order valence-electron chi connectivity index (χ2n) is 5.42. The van der Waals surface area contributed by atoms with Crippen molar-refractivity contribution in [3.8, 4) is 0 Å². The van der Waals surface area contributed by atoms with Crippen LogP contribution in [0.2, 0.25) is 0 Å². The SMILES string of the molecule is Cc1ccccc1CNC(=O)CCS(=O)(=O)N1CCNCC1. The van der Waals surface area contributed by atoms with Crippen molar-refractivity contribution < 1.29 is 13.2 Å². The highest BCUT2D eigenvalue weighted by Gasteiger charge is 2.24. The summed E-state index contributed by atoms with van der Waals surface area (Å²) in [5, 5.41) is 5.89. The fourth-order valence-electron chi connectivity index (χ4n) is 2.36. The molecular weight excluding hydrogens is 302 g/mol. The molecule has 0 atom stereocenters. The number of rotatable bonds is 6. The highest BCUT2D eigenvalue weighted by molar-refractivity contribution is 7.89. The van der Waals surface area contributed by atoms with Gasteiger partial charge < -0.3 is 10.6 Å². The maximum Gasteiger partial charge on any atom is 0.221 e. The molecule has 1 heterocycles. The Bertz CT molecular complexity index is 610. The predicted molar refractivity (Wildman–Crippen MR) is 85.9 cm³/mol. The van der Waals surface area contributed by atoms with E-state index in [0.717, 1.165) is 11.1 Å². The average Bonchev–Trinajstić information content (AvgIpc) is 2.53. The van der Waals surface area contributed by atoms with Gasteiger partial charge in [-0.3, -0.25) is 4.79 Å². The lowest BCUT2D eigenvalue weighted by molar-refractivity contribution is -0.120. The highest BCUT2D eigenvalue weighted by Crippen LogP contribution is 2.07. The summed E-state index contributed by atoms with van der Waals surface area (Å²) in [7, 11) is -3.34. The van der Waals surface area contributed by atoms with Gasteiger partial charge in [0.05, 0.1) is 5.75 Å². The van der Waals surface area contributed by atoms with Gasteiger partial charge in [-0.25, -0.2) is 8.42 Å². The van der Waals surface area contributed by atoms with Crippen LogP contribution >= 0.6 is 0 Å². The predicted octanol–water partition coefficient (Wildman–Crippen LogP) is 0.236. The Morgan fingerprint density at radius 1 is 1.27 bits per heavy atom. The maximum atomic E-state index is 12.1. The minimum atomic E-state index is -3.34. The summed E-state index contributed by atoms with van der Waals surface area (Å²) < 4.78 is 25.7. The van der Waals surface area contributed by atoms with Crippen LogP contribution in [0.1, 0.15) is 17.5 Å². The van der Waals surface area contributed by atoms with E-state index in [1.54, 1.807) is 0 Å². The van der Waals surface area contributed by atoms with E-state index in [2.05, 4.69) is 10.6 Å². The molecule has 2 rings (SSSR count). The summed E-state index contributed by atoms with van der Waals surface area (Å²) in [6.07, 6.45) is -0.00184. The Labute approximate surface area is 131 Å². The molecule has 0 saturated carbocycles. The van der Waals surface area contributed by atoms with Gasteiger partial charge in [-0.1, -0.05) is 24.3 Å². The van der Waals surface area contributed by atoms with Crippen molar-refractivity contribution in [3.63, 3.8) is 0 Å². The summed E-state index contributed by atoms with van der Waals surface area (Å²) in [6, 6.07) is 7.80. The molecule has 6 nitrogen and oxygen atoms in total. The zero-order valence-electron chi connectivity index (χ0n) is 12.8. The molecule has 0 spiro atoms. The number of hydrogen-bond acceptors (Lipinski definition) is 4. The summed E-state index contributed by atoms with van der Waals surface area (Å²) >= 11 is 0. The molecular formula is C15H23N3O3S. The van der Waals surface area contributed by atoms with E-state index in [9.17, 15) is 13.2 Å². The van der Waals surface area contributed by atoms with Gasteiger partial charge in [0.25, 0.3) is 0 Å². The van der Waals surface area contributed by atoms with Crippen LogP contribution in [0, 0.1) is 6.92 Å². The zero-order chi connectivity index (χ0) is 16.0. The van der Waals surface area contributed by atoms with E-state index in [-0.39, 0.29) is 18.1 Å². The number of carbonyl (C=O) groups excluding carboxylic acids is 1. The number of sulfonamides is 1. The van der Waals surface area contributed by atoms with Crippen molar-refractivity contribution in [1.82, 2.24) is 14.9 Å². The van der Waals surface area contributed by atoms with Crippen LogP contribution in [0.4, 0.5) is 0 Å². The second-order valence-corrected chi connectivity index (χ2v) is 7.51. The number of carbonyl (C=O) groups is 1. The van der Waals surface area contributed by atoms with Crippen molar-refractivity contribution in [3.05, 3.63) is 35.4 Å². The van der Waals surface area contributed by atoms with Crippen LogP contribution in [0.3, 0.4) is 0 Å². The largest absolute Gasteiger partial charge is 0.352 e. The van der Waals surface area contributed by atoms with E-state index in [1.165, 1.54) is 4.31 Å². The lowest BCUT2D eigenvalue weighted by Crippen LogP contribution is -2.47. The van der Waals surface area contributed by atoms with E-state index < -0.39 is 10.0 Å². The van der Waals surface area contributed by atoms with Crippen molar-refractivity contribution in [2.24, 2.45) is 0 Å². The van der Waals surface area contributed by atoms with Crippen molar-refractivity contribution >= 4 is 15.9 Å². The van der Waals surface area contributed by atoms with Crippen molar-refractivity contribution in [2.75, 3.05) is 31.9 Å². The molecule has 1 amide bonds. The standard InChI is InChI=1S/C15H23N3O3S/c1-13-4-2-3-5-14(13)12-17-15(19)6-11-22(20,21)18-9-7-16-8-10-18/h2-5,16H,6-12H2,1H3,(H,17,19). The third-order valence-corrected chi connectivity index (χ3v) is 5.67. The number of benzene rings is 1. The Kier molecular flexibility index (Phi) is 5.93. The van der Waals surface area contributed by atoms with Gasteiger partial charge in [0.1, 0.15) is 0 Å². The Hall–Kier alpha value is -1.44. The van der Waals surface area contributed by atoms with E-state index in [0.29, 0.717) is 32.7 Å². The lowest BCUT2D eigenvalue weighted by Gasteiger charge is -2.26. The first-order valence-electron chi connectivity index (χ1n) is 7.49. The first-order chi connectivity index (χ1) is 10.5.